The van der Waals surface area contributed by atoms with E-state index in [0.29, 0.717) is 0 Å². The molecule has 0 radical (unpaired) electrons. The minimum absolute atomic E-state index is 0.988. The molecule has 0 aliphatic heterocycles. The Bertz CT molecular complexity index is 2250. The molecule has 0 nitrogen and oxygen atoms in total. The number of hydrogen-bond acceptors (Lipinski definition) is 0. The highest BCUT2D eigenvalue weighted by molar-refractivity contribution is 14.1. The molecule has 0 atom stereocenters. The molecule has 0 aliphatic carbocycles. The van der Waals surface area contributed by atoms with Crippen LogP contribution in [-0.4, -0.2) is 16.1 Å². The zero-order valence-electron chi connectivity index (χ0n) is 34.2. The molecule has 0 spiro atoms. The molecule has 0 heterocycles. The van der Waals surface area contributed by atoms with Crippen molar-refractivity contribution in [2.24, 2.45) is 0 Å². The minimum atomic E-state index is -2.15. The Hall–Kier alpha value is -2.47. The second-order valence-corrected chi connectivity index (χ2v) is 29.6. The number of allylic oxidation sites excluding steroid dienone is 4. The predicted octanol–water partition coefficient (Wildman–Crippen LogP) is 16.9. The summed E-state index contributed by atoms with van der Waals surface area (Å²) in [6.45, 7) is 14.1. The van der Waals surface area contributed by atoms with E-state index >= 15 is 0 Å². The zero-order valence-corrected chi connectivity index (χ0v) is 44.8. The zero-order chi connectivity index (χ0) is 41.7. The van der Waals surface area contributed by atoms with Gasteiger partial charge in [0.25, 0.3) is 0 Å². The Kier molecular flexibility index (Phi) is 18.0. The first kappa shape index (κ1) is 46.6. The van der Waals surface area contributed by atoms with Crippen molar-refractivity contribution in [3.8, 4) is 22.9 Å². The molecule has 0 aromatic heterocycles. The molecule has 5 aromatic carbocycles. The fourth-order valence-corrected chi connectivity index (χ4v) is 13.5. The van der Waals surface area contributed by atoms with E-state index in [0.717, 1.165) is 36.8 Å². The van der Waals surface area contributed by atoms with Crippen molar-refractivity contribution >= 4 is 125 Å². The van der Waals surface area contributed by atoms with Gasteiger partial charge in [-0.05, 0) is 133 Å². The molecule has 0 unspecified atom stereocenters. The van der Waals surface area contributed by atoms with Gasteiger partial charge in [-0.3, -0.25) is 0 Å². The second kappa shape index (κ2) is 22.4. The molecule has 0 amide bonds. The summed E-state index contributed by atoms with van der Waals surface area (Å²) >= 11 is 10.5. The number of halogens is 4. The fourth-order valence-electron chi connectivity index (χ4n) is 6.61. The van der Waals surface area contributed by atoms with E-state index in [2.05, 4.69) is 299 Å². The molecule has 5 aromatic rings. The summed E-state index contributed by atoms with van der Waals surface area (Å²) in [4.78, 5) is 0. The highest BCUT2D eigenvalue weighted by atomic mass is 127. The quantitative estimate of drug-likeness (QED) is 0.0505. The van der Waals surface area contributed by atoms with Crippen LogP contribution in [0.4, 0.5) is 0 Å². The van der Waals surface area contributed by atoms with Gasteiger partial charge in [0.1, 0.15) is 0 Å². The van der Waals surface area contributed by atoms with Crippen LogP contribution in [0, 0.1) is 22.9 Å². The third-order valence-corrected chi connectivity index (χ3v) is 25.7. The number of rotatable bonds is 12. The summed E-state index contributed by atoms with van der Waals surface area (Å²) in [5.41, 5.74) is 20.2. The molecule has 6 heteroatoms. The van der Waals surface area contributed by atoms with Gasteiger partial charge in [-0.25, -0.2) is 0 Å². The van der Waals surface area contributed by atoms with Crippen LogP contribution in [0.5, 0.6) is 0 Å². The molecule has 0 N–H and O–H groups in total. The normalized spacial score (nSPS) is 13.4. The van der Waals surface area contributed by atoms with Crippen LogP contribution in [0.15, 0.2) is 163 Å². The Morgan fingerprint density at radius 1 is 0.414 bits per heavy atom. The summed E-state index contributed by atoms with van der Waals surface area (Å²) in [5, 5.41) is 0. The van der Waals surface area contributed by atoms with E-state index in [1.807, 2.05) is 0 Å². The summed E-state index contributed by atoms with van der Waals surface area (Å²) < 4.78 is 5.39. The lowest BCUT2D eigenvalue weighted by Gasteiger charge is -2.24. The maximum absolute atomic E-state index is 3.78. The molecule has 58 heavy (non-hydrogen) atoms. The van der Waals surface area contributed by atoms with Crippen molar-refractivity contribution in [1.29, 1.82) is 0 Å². The van der Waals surface area contributed by atoms with Crippen LogP contribution < -0.4 is 0 Å². The lowest BCUT2D eigenvalue weighted by Crippen LogP contribution is -2.26. The van der Waals surface area contributed by atoms with Gasteiger partial charge in [-0.15, -0.1) is 11.1 Å². The Morgan fingerprint density at radius 2 is 0.707 bits per heavy atom. The molecular weight excluding hydrogens is 1190 g/mol. The average Bonchev–Trinajstić information content (AvgIpc) is 3.25. The van der Waals surface area contributed by atoms with Gasteiger partial charge in [-0.2, -0.15) is 0 Å². The minimum Gasteiger partial charge on any atom is -0.120 e. The highest BCUT2D eigenvalue weighted by Gasteiger charge is 2.30. The van der Waals surface area contributed by atoms with Gasteiger partial charge in [0.15, 0.2) is 16.1 Å². The lowest BCUT2D eigenvalue weighted by atomic mass is 9.93. The van der Waals surface area contributed by atoms with E-state index in [-0.39, 0.29) is 0 Å². The monoisotopic (exact) mass is 1240 g/mol. The smallest absolute Gasteiger partial charge is 0.120 e. The lowest BCUT2D eigenvalue weighted by molar-refractivity contribution is 0.934. The number of hydrogen-bond donors (Lipinski definition) is 0. The summed E-state index contributed by atoms with van der Waals surface area (Å²) in [6.07, 6.45) is 4.09. The van der Waals surface area contributed by atoms with E-state index in [9.17, 15) is 0 Å². The van der Waals surface area contributed by atoms with Crippen LogP contribution in [-0.2, 0) is 0 Å². The second-order valence-electron chi connectivity index (χ2n) is 15.3. The predicted molar refractivity (Wildman–Crippen MR) is 295 cm³/mol. The molecule has 5 rings (SSSR count). The molecule has 294 valence electrons. The SMILES string of the molecule is CCCC(=C(/I)c1ccc(/C(I)=C(CCC)/C(=C(\I)[Si](C)(C)C#Cc2ccccc2)c2ccccc2)cc1)/C(=C(\I)[Si](C)(C)C#Cc1ccccc1)c1ccccc1. The van der Waals surface area contributed by atoms with Crippen LogP contribution in [0.25, 0.3) is 18.3 Å². The number of benzene rings is 5. The Labute approximate surface area is 405 Å². The van der Waals surface area contributed by atoms with Crippen LogP contribution in [0.1, 0.15) is 72.9 Å². The van der Waals surface area contributed by atoms with Gasteiger partial charge in [-0.1, -0.05) is 231 Å². The topological polar surface area (TPSA) is 0 Å². The van der Waals surface area contributed by atoms with Gasteiger partial charge < -0.3 is 0 Å². The van der Waals surface area contributed by atoms with Crippen molar-refractivity contribution in [2.75, 3.05) is 0 Å². The first-order valence-corrected chi connectivity index (χ1v) is 30.2. The van der Waals surface area contributed by atoms with Crippen molar-refractivity contribution in [2.45, 2.75) is 65.7 Å². The standard InChI is InChI=1S/C52H50I4Si2/c1-7-21-45(47(41-27-17-11-18-28-41)51(55)57(3,4)37-35-39-23-13-9-14-24-39)49(53)43-31-33-44(34-32-43)50(54)46(22-8-2)48(42-29-19-12-20-30-42)52(56)58(5,6)38-36-40-25-15-10-16-26-40/h9-20,23-34H,7-8,21-22H2,1-6H3/b49-45-,50-46-,51-47+,52-48+. The molecule has 0 fully saturated rings. The maximum atomic E-state index is 3.78. The van der Waals surface area contributed by atoms with Gasteiger partial charge >= 0.3 is 0 Å². The van der Waals surface area contributed by atoms with E-state index in [1.54, 1.807) is 0 Å². The molecular formula is C52H50I4Si2. The summed E-state index contributed by atoms with van der Waals surface area (Å²) in [5.74, 6) is 7.05. The third-order valence-electron chi connectivity index (χ3n) is 9.77. The summed E-state index contributed by atoms with van der Waals surface area (Å²) in [6, 6.07) is 52.1. The van der Waals surface area contributed by atoms with Gasteiger partial charge in [0.2, 0.25) is 0 Å². The molecule has 0 bridgehead atoms. The van der Waals surface area contributed by atoms with E-state index in [1.165, 1.54) is 58.1 Å². The van der Waals surface area contributed by atoms with E-state index < -0.39 is 16.1 Å². The first-order valence-electron chi connectivity index (χ1n) is 19.8. The van der Waals surface area contributed by atoms with Crippen molar-refractivity contribution in [1.82, 2.24) is 0 Å². The summed E-state index contributed by atoms with van der Waals surface area (Å²) in [7, 11) is -4.31. The molecule has 0 saturated carbocycles. The molecule has 0 saturated heterocycles. The molecule has 0 aliphatic rings. The van der Waals surface area contributed by atoms with Gasteiger partial charge in [0, 0.05) is 18.3 Å². The average molecular weight is 1240 g/mol. The van der Waals surface area contributed by atoms with Crippen molar-refractivity contribution in [3.63, 3.8) is 0 Å². The van der Waals surface area contributed by atoms with Gasteiger partial charge in [0.05, 0.1) is 0 Å². The van der Waals surface area contributed by atoms with Crippen molar-refractivity contribution in [3.05, 3.63) is 197 Å². The van der Waals surface area contributed by atoms with Crippen LogP contribution >= 0.6 is 90.4 Å². The van der Waals surface area contributed by atoms with Crippen molar-refractivity contribution < 1.29 is 0 Å². The fraction of sp³-hybridized carbons (Fsp3) is 0.192. The largest absolute Gasteiger partial charge is 0.170 e. The third kappa shape index (κ3) is 12.3. The Morgan fingerprint density at radius 3 is 1.00 bits per heavy atom. The Balaban J connectivity index is 1.64. The van der Waals surface area contributed by atoms with Crippen LogP contribution in [0.2, 0.25) is 26.2 Å². The van der Waals surface area contributed by atoms with E-state index in [4.69, 9.17) is 0 Å². The maximum Gasteiger partial charge on any atom is 0.170 e. The highest BCUT2D eigenvalue weighted by Crippen LogP contribution is 2.45. The first-order chi connectivity index (χ1) is 27.9. The van der Waals surface area contributed by atoms with Crippen LogP contribution in [0.3, 0.4) is 0 Å².